The van der Waals surface area contributed by atoms with Crippen LogP contribution in [0.25, 0.3) is 0 Å². The van der Waals surface area contributed by atoms with E-state index in [4.69, 9.17) is 10.00 Å². The zero-order chi connectivity index (χ0) is 20.7. The van der Waals surface area contributed by atoms with Crippen LogP contribution in [0.15, 0.2) is 47.4 Å². The molecule has 2 rings (SSSR count). The molecule has 148 valence electrons. The van der Waals surface area contributed by atoms with E-state index in [0.29, 0.717) is 11.3 Å². The lowest BCUT2D eigenvalue weighted by Crippen LogP contribution is -2.27. The summed E-state index contributed by atoms with van der Waals surface area (Å²) < 4.78 is 31.9. The molecule has 0 heterocycles. The summed E-state index contributed by atoms with van der Waals surface area (Å²) in [4.78, 5) is 12.6. The van der Waals surface area contributed by atoms with E-state index in [1.807, 2.05) is 38.1 Å². The Bertz CT molecular complexity index is 980. The summed E-state index contributed by atoms with van der Waals surface area (Å²) in [7, 11) is -2.13. The second kappa shape index (κ2) is 9.35. The molecular formula is C20H23N3O4S. The van der Waals surface area contributed by atoms with E-state index in [-0.39, 0.29) is 29.8 Å². The van der Waals surface area contributed by atoms with Gasteiger partial charge < -0.3 is 10.1 Å². The molecule has 0 radical (unpaired) electrons. The van der Waals surface area contributed by atoms with Crippen LogP contribution in [0, 0.1) is 18.3 Å². The van der Waals surface area contributed by atoms with Crippen LogP contribution in [-0.2, 0) is 10.0 Å². The first-order chi connectivity index (χ1) is 13.3. The summed E-state index contributed by atoms with van der Waals surface area (Å²) in [5, 5.41) is 11.4. The van der Waals surface area contributed by atoms with Crippen LogP contribution in [-0.4, -0.2) is 28.0 Å². The molecule has 0 aliphatic rings. The maximum absolute atomic E-state index is 12.5. The maximum Gasteiger partial charge on any atom is 0.251 e. The number of nitrogens with one attached hydrogen (secondary N) is 2. The van der Waals surface area contributed by atoms with E-state index in [1.54, 1.807) is 7.11 Å². The number of carbonyl (C=O) groups is 1. The molecule has 0 unspecified atom stereocenters. The van der Waals surface area contributed by atoms with E-state index in [2.05, 4.69) is 10.0 Å². The van der Waals surface area contributed by atoms with Crippen molar-refractivity contribution in [3.63, 3.8) is 0 Å². The summed E-state index contributed by atoms with van der Waals surface area (Å²) >= 11 is 0. The van der Waals surface area contributed by atoms with E-state index >= 15 is 0 Å². The van der Waals surface area contributed by atoms with Gasteiger partial charge in [0.25, 0.3) is 5.91 Å². The van der Waals surface area contributed by atoms with Gasteiger partial charge in [-0.15, -0.1) is 0 Å². The number of benzene rings is 2. The summed E-state index contributed by atoms with van der Waals surface area (Å²) in [5.74, 6) is 0.362. The third kappa shape index (κ3) is 5.31. The van der Waals surface area contributed by atoms with Crippen molar-refractivity contribution in [2.45, 2.75) is 31.2 Å². The largest absolute Gasteiger partial charge is 0.496 e. The highest BCUT2D eigenvalue weighted by molar-refractivity contribution is 7.89. The minimum Gasteiger partial charge on any atom is -0.496 e. The molecular weight excluding hydrogens is 378 g/mol. The van der Waals surface area contributed by atoms with Gasteiger partial charge in [0.2, 0.25) is 10.0 Å². The van der Waals surface area contributed by atoms with E-state index in [0.717, 1.165) is 11.1 Å². The van der Waals surface area contributed by atoms with Gasteiger partial charge >= 0.3 is 0 Å². The van der Waals surface area contributed by atoms with Crippen LogP contribution in [0.5, 0.6) is 5.75 Å². The molecule has 2 N–H and O–H groups in total. The number of aryl methyl sites for hydroxylation is 1. The van der Waals surface area contributed by atoms with Crippen molar-refractivity contribution >= 4 is 15.9 Å². The summed E-state index contributed by atoms with van der Waals surface area (Å²) in [6.07, 6.45) is 0.0834. The molecule has 1 atom stereocenters. The molecule has 0 saturated carbocycles. The monoisotopic (exact) mass is 401 g/mol. The predicted octanol–water partition coefficient (Wildman–Crippen LogP) is 2.69. The standard InChI is InChI=1S/C20H23N3O4S/c1-14-5-10-19(27-3)18(13-14)15(2)23-20(24)16-6-8-17(9-7-16)28(25,26)22-12-4-11-21/h5-10,13,15,22H,4,12H2,1-3H3,(H,23,24)/t15-/m0/s1. The Hall–Kier alpha value is -2.89. The van der Waals surface area contributed by atoms with Gasteiger partial charge in [-0.05, 0) is 44.2 Å². The summed E-state index contributed by atoms with van der Waals surface area (Å²) in [6.45, 7) is 3.85. The molecule has 0 fully saturated rings. The molecule has 0 saturated heterocycles. The van der Waals surface area contributed by atoms with Crippen LogP contribution in [0.2, 0.25) is 0 Å². The minimum absolute atomic E-state index is 0.0374. The zero-order valence-corrected chi connectivity index (χ0v) is 16.8. The molecule has 8 heteroatoms. The number of sulfonamides is 1. The number of nitrogens with zero attached hydrogens (tertiary/aromatic N) is 1. The third-order valence-corrected chi connectivity index (χ3v) is 5.63. The molecule has 0 spiro atoms. The number of hydrogen-bond donors (Lipinski definition) is 2. The number of hydrogen-bond acceptors (Lipinski definition) is 5. The third-order valence-electron chi connectivity index (χ3n) is 4.16. The Morgan fingerprint density at radius 2 is 1.89 bits per heavy atom. The fourth-order valence-corrected chi connectivity index (χ4v) is 3.69. The second-order valence-corrected chi connectivity index (χ2v) is 8.04. The second-order valence-electron chi connectivity index (χ2n) is 6.27. The smallest absolute Gasteiger partial charge is 0.251 e. The SMILES string of the molecule is COc1ccc(C)cc1[C@H](C)NC(=O)c1ccc(S(=O)(=O)NCCC#N)cc1. The summed E-state index contributed by atoms with van der Waals surface area (Å²) in [6, 6.07) is 12.9. The molecule has 0 aliphatic carbocycles. The molecule has 0 aliphatic heterocycles. The number of carbonyl (C=O) groups excluding carboxylic acids is 1. The highest BCUT2D eigenvalue weighted by Gasteiger charge is 2.17. The van der Waals surface area contributed by atoms with Gasteiger partial charge in [-0.1, -0.05) is 17.7 Å². The Morgan fingerprint density at radius 1 is 1.21 bits per heavy atom. The van der Waals surface area contributed by atoms with Gasteiger partial charge in [0.15, 0.2) is 0 Å². The van der Waals surface area contributed by atoms with Crippen LogP contribution < -0.4 is 14.8 Å². The molecule has 2 aromatic carbocycles. The Balaban J connectivity index is 2.11. The molecule has 0 bridgehead atoms. The highest BCUT2D eigenvalue weighted by atomic mass is 32.2. The first kappa shape index (κ1) is 21.4. The van der Waals surface area contributed by atoms with Crippen molar-refractivity contribution in [1.29, 1.82) is 5.26 Å². The van der Waals surface area contributed by atoms with Crippen LogP contribution in [0.1, 0.15) is 40.9 Å². The van der Waals surface area contributed by atoms with Gasteiger partial charge in [0, 0.05) is 24.1 Å². The Kier molecular flexibility index (Phi) is 7.15. The maximum atomic E-state index is 12.5. The first-order valence-corrected chi connectivity index (χ1v) is 10.2. The van der Waals surface area contributed by atoms with Crippen molar-refractivity contribution < 1.29 is 17.9 Å². The lowest BCUT2D eigenvalue weighted by molar-refractivity contribution is 0.0939. The molecule has 0 aromatic heterocycles. The van der Waals surface area contributed by atoms with Crippen molar-refractivity contribution in [1.82, 2.24) is 10.0 Å². The van der Waals surface area contributed by atoms with Crippen LogP contribution in [0.3, 0.4) is 0 Å². The number of rotatable bonds is 8. The number of nitriles is 1. The predicted molar refractivity (Wildman–Crippen MR) is 105 cm³/mol. The van der Waals surface area contributed by atoms with Gasteiger partial charge in [-0.2, -0.15) is 5.26 Å². The van der Waals surface area contributed by atoms with E-state index < -0.39 is 10.0 Å². The molecule has 28 heavy (non-hydrogen) atoms. The van der Waals surface area contributed by atoms with Crippen LogP contribution in [0.4, 0.5) is 0 Å². The number of amides is 1. The van der Waals surface area contributed by atoms with Gasteiger partial charge in [-0.25, -0.2) is 13.1 Å². The quantitative estimate of drug-likeness (QED) is 0.661. The van der Waals surface area contributed by atoms with Crippen molar-refractivity contribution in [2.75, 3.05) is 13.7 Å². The Labute approximate surface area is 165 Å². The van der Waals surface area contributed by atoms with Crippen molar-refractivity contribution in [3.05, 3.63) is 59.2 Å². The molecule has 1 amide bonds. The highest BCUT2D eigenvalue weighted by Crippen LogP contribution is 2.26. The normalized spacial score (nSPS) is 12.1. The average Bonchev–Trinajstić information content (AvgIpc) is 2.68. The first-order valence-electron chi connectivity index (χ1n) is 8.70. The lowest BCUT2D eigenvalue weighted by Gasteiger charge is -2.18. The van der Waals surface area contributed by atoms with E-state index in [1.165, 1.54) is 24.3 Å². The fraction of sp³-hybridized carbons (Fsp3) is 0.300. The molecule has 7 nitrogen and oxygen atoms in total. The fourth-order valence-electron chi connectivity index (χ4n) is 2.66. The Morgan fingerprint density at radius 3 is 2.50 bits per heavy atom. The topological polar surface area (TPSA) is 108 Å². The van der Waals surface area contributed by atoms with Gasteiger partial charge in [-0.3, -0.25) is 4.79 Å². The zero-order valence-electron chi connectivity index (χ0n) is 16.0. The van der Waals surface area contributed by atoms with Gasteiger partial charge in [0.05, 0.1) is 24.1 Å². The van der Waals surface area contributed by atoms with E-state index in [9.17, 15) is 13.2 Å². The van der Waals surface area contributed by atoms with Crippen LogP contribution >= 0.6 is 0 Å². The molecule has 2 aromatic rings. The number of ether oxygens (including phenoxy) is 1. The minimum atomic E-state index is -3.70. The lowest BCUT2D eigenvalue weighted by atomic mass is 10.0. The van der Waals surface area contributed by atoms with Crippen molar-refractivity contribution in [2.24, 2.45) is 0 Å². The number of methoxy groups -OCH3 is 1. The van der Waals surface area contributed by atoms with Crippen molar-refractivity contribution in [3.8, 4) is 11.8 Å². The summed E-state index contributed by atoms with van der Waals surface area (Å²) in [5.41, 5.74) is 2.25. The van der Waals surface area contributed by atoms with Gasteiger partial charge in [0.1, 0.15) is 5.75 Å². The average molecular weight is 401 g/mol.